The molecule has 2 rings (SSSR count). The highest BCUT2D eigenvalue weighted by atomic mass is 19.3. The van der Waals surface area contributed by atoms with Crippen molar-refractivity contribution in [2.24, 2.45) is 5.73 Å². The van der Waals surface area contributed by atoms with Crippen molar-refractivity contribution < 1.29 is 22.3 Å². The second kappa shape index (κ2) is 5.81. The summed E-state index contributed by atoms with van der Waals surface area (Å²) in [6.07, 6.45) is 0. The van der Waals surface area contributed by atoms with Gasteiger partial charge in [-0.15, -0.1) is 0 Å². The zero-order chi connectivity index (χ0) is 15.6. The van der Waals surface area contributed by atoms with Crippen molar-refractivity contribution in [2.45, 2.75) is 13.2 Å². The number of amidine groups is 1. The van der Waals surface area contributed by atoms with Gasteiger partial charge < -0.3 is 10.5 Å². The summed E-state index contributed by atoms with van der Waals surface area (Å²) < 4.78 is 56.1. The maximum atomic E-state index is 13.6. The number of hydrogen-bond acceptors (Lipinski definition) is 3. The summed E-state index contributed by atoms with van der Waals surface area (Å²) in [6.45, 7) is -3.39. The molecule has 5 nitrogen and oxygen atoms in total. The van der Waals surface area contributed by atoms with Crippen molar-refractivity contribution in [2.75, 3.05) is 0 Å². The Bertz CT molecular complexity index is 671. The molecule has 1 heterocycles. The third-order valence-electron chi connectivity index (χ3n) is 2.56. The summed E-state index contributed by atoms with van der Waals surface area (Å²) in [6, 6.07) is 3.89. The van der Waals surface area contributed by atoms with Crippen LogP contribution in [0.3, 0.4) is 0 Å². The number of nitrogens with zero attached hydrogens (tertiary/aromatic N) is 2. The number of hydrogen-bond donors (Lipinski definition) is 2. The van der Waals surface area contributed by atoms with Gasteiger partial charge in [-0.2, -0.15) is 13.9 Å². The quantitative estimate of drug-likeness (QED) is 0.504. The summed E-state index contributed by atoms with van der Waals surface area (Å²) in [5.41, 5.74) is 5.14. The Kier molecular flexibility index (Phi) is 4.10. The van der Waals surface area contributed by atoms with Gasteiger partial charge in [-0.25, -0.2) is 13.5 Å². The molecule has 0 bridgehead atoms. The van der Waals surface area contributed by atoms with E-state index in [0.717, 1.165) is 22.9 Å². The maximum absolute atomic E-state index is 13.6. The van der Waals surface area contributed by atoms with E-state index in [1.807, 2.05) is 0 Å². The fourth-order valence-electron chi connectivity index (χ4n) is 1.64. The number of alkyl halides is 2. The second-order valence-corrected chi connectivity index (χ2v) is 4.05. The molecule has 0 saturated heterocycles. The van der Waals surface area contributed by atoms with Gasteiger partial charge in [0.1, 0.15) is 23.2 Å². The lowest BCUT2D eigenvalue weighted by Crippen LogP contribution is -2.13. The molecule has 0 aliphatic carbocycles. The van der Waals surface area contributed by atoms with Gasteiger partial charge in [0.15, 0.2) is 0 Å². The molecule has 0 radical (unpaired) electrons. The average molecular weight is 302 g/mol. The van der Waals surface area contributed by atoms with Crippen molar-refractivity contribution in [3.8, 4) is 5.88 Å². The third-order valence-corrected chi connectivity index (χ3v) is 2.56. The van der Waals surface area contributed by atoms with Crippen LogP contribution in [0.5, 0.6) is 5.88 Å². The Labute approximate surface area is 116 Å². The Hall–Kier alpha value is -2.58. The maximum Gasteiger partial charge on any atom is 0.388 e. The highest BCUT2D eigenvalue weighted by molar-refractivity contribution is 5.93. The molecule has 21 heavy (non-hydrogen) atoms. The van der Waals surface area contributed by atoms with E-state index in [0.29, 0.717) is 6.07 Å². The molecule has 9 heteroatoms. The first kappa shape index (κ1) is 14.8. The highest BCUT2D eigenvalue weighted by Gasteiger charge is 2.16. The van der Waals surface area contributed by atoms with Gasteiger partial charge >= 0.3 is 6.61 Å². The average Bonchev–Trinajstić information content (AvgIpc) is 2.75. The Morgan fingerprint density at radius 1 is 1.33 bits per heavy atom. The molecule has 0 spiro atoms. The molecule has 0 aliphatic heterocycles. The fourth-order valence-corrected chi connectivity index (χ4v) is 1.64. The van der Waals surface area contributed by atoms with E-state index in [4.69, 9.17) is 11.1 Å². The topological polar surface area (TPSA) is 76.9 Å². The Morgan fingerprint density at radius 3 is 2.62 bits per heavy atom. The predicted molar refractivity (Wildman–Crippen MR) is 65.3 cm³/mol. The van der Waals surface area contributed by atoms with Crippen molar-refractivity contribution in [3.05, 3.63) is 47.2 Å². The summed E-state index contributed by atoms with van der Waals surface area (Å²) in [5, 5.41) is 11.0. The van der Waals surface area contributed by atoms with Crippen LogP contribution in [0.25, 0.3) is 0 Å². The Morgan fingerprint density at radius 2 is 2.05 bits per heavy atom. The largest absolute Gasteiger partial charge is 0.417 e. The van der Waals surface area contributed by atoms with E-state index >= 15 is 0 Å². The minimum Gasteiger partial charge on any atom is -0.417 e. The molecular weight excluding hydrogens is 292 g/mol. The SMILES string of the molecule is N=C(N)c1cc(OC(F)F)n(Cc2ccc(F)cc2F)n1. The number of benzene rings is 1. The molecule has 0 amide bonds. The molecule has 1 aromatic carbocycles. The normalized spacial score (nSPS) is 10.9. The first-order valence-corrected chi connectivity index (χ1v) is 5.68. The summed E-state index contributed by atoms with van der Waals surface area (Å²) in [4.78, 5) is 0. The lowest BCUT2D eigenvalue weighted by Gasteiger charge is -2.08. The molecule has 1 aromatic heterocycles. The van der Waals surface area contributed by atoms with Gasteiger partial charge in [-0.1, -0.05) is 6.07 Å². The minimum absolute atomic E-state index is 0.0220. The van der Waals surface area contributed by atoms with E-state index in [2.05, 4.69) is 9.84 Å². The molecule has 2 aromatic rings. The monoisotopic (exact) mass is 302 g/mol. The van der Waals surface area contributed by atoms with Crippen LogP contribution in [0, 0.1) is 17.0 Å². The van der Waals surface area contributed by atoms with Gasteiger partial charge in [0.05, 0.1) is 6.54 Å². The smallest absolute Gasteiger partial charge is 0.388 e. The van der Waals surface area contributed by atoms with Crippen LogP contribution in [-0.2, 0) is 6.54 Å². The van der Waals surface area contributed by atoms with Crippen molar-refractivity contribution in [1.29, 1.82) is 5.41 Å². The number of rotatable bonds is 5. The van der Waals surface area contributed by atoms with E-state index < -0.39 is 24.1 Å². The van der Waals surface area contributed by atoms with Crippen LogP contribution in [0.1, 0.15) is 11.3 Å². The molecule has 112 valence electrons. The molecular formula is C12H10F4N4O. The van der Waals surface area contributed by atoms with Crippen LogP contribution in [-0.4, -0.2) is 22.2 Å². The molecule has 0 atom stereocenters. The summed E-state index contributed by atoms with van der Waals surface area (Å²) in [7, 11) is 0. The number of ether oxygens (including phenoxy) is 1. The number of halogens is 4. The van der Waals surface area contributed by atoms with Crippen molar-refractivity contribution >= 4 is 5.84 Å². The molecule has 0 unspecified atom stereocenters. The lowest BCUT2D eigenvalue weighted by molar-refractivity contribution is -0.0556. The minimum atomic E-state index is -3.11. The predicted octanol–water partition coefficient (Wildman–Crippen LogP) is 2.10. The van der Waals surface area contributed by atoms with Gasteiger partial charge in [0, 0.05) is 17.7 Å². The number of nitrogens with one attached hydrogen (secondary N) is 1. The van der Waals surface area contributed by atoms with E-state index in [-0.39, 0.29) is 23.7 Å². The van der Waals surface area contributed by atoms with E-state index in [1.54, 1.807) is 0 Å². The van der Waals surface area contributed by atoms with Crippen LogP contribution >= 0.6 is 0 Å². The third kappa shape index (κ3) is 3.50. The number of nitrogens with two attached hydrogens (primary N) is 1. The second-order valence-electron chi connectivity index (χ2n) is 4.05. The first-order chi connectivity index (χ1) is 9.86. The lowest BCUT2D eigenvalue weighted by atomic mass is 10.2. The number of aromatic nitrogens is 2. The van der Waals surface area contributed by atoms with E-state index in [9.17, 15) is 17.6 Å². The van der Waals surface area contributed by atoms with Crippen molar-refractivity contribution in [3.63, 3.8) is 0 Å². The van der Waals surface area contributed by atoms with Crippen LogP contribution < -0.4 is 10.5 Å². The van der Waals surface area contributed by atoms with Crippen molar-refractivity contribution in [1.82, 2.24) is 9.78 Å². The molecule has 0 saturated carbocycles. The molecule has 0 fully saturated rings. The van der Waals surface area contributed by atoms with Gasteiger partial charge in [-0.05, 0) is 6.07 Å². The zero-order valence-electron chi connectivity index (χ0n) is 10.5. The van der Waals surface area contributed by atoms with Crippen LogP contribution in [0.2, 0.25) is 0 Å². The standard InChI is InChI=1S/C12H10F4N4O/c13-7-2-1-6(8(14)3-7)5-20-10(21-12(15)16)4-9(19-20)11(17)18/h1-4,12H,5H2,(H3,17,18). The van der Waals surface area contributed by atoms with Gasteiger partial charge in [0.2, 0.25) is 5.88 Å². The summed E-state index contributed by atoms with van der Waals surface area (Å²) >= 11 is 0. The molecule has 3 N–H and O–H groups in total. The van der Waals surface area contributed by atoms with Gasteiger partial charge in [-0.3, -0.25) is 5.41 Å². The number of nitrogen functional groups attached to an aromatic ring is 1. The summed E-state index contributed by atoms with van der Waals surface area (Å²) in [5.74, 6) is -2.44. The highest BCUT2D eigenvalue weighted by Crippen LogP contribution is 2.19. The first-order valence-electron chi connectivity index (χ1n) is 5.68. The Balaban J connectivity index is 2.35. The van der Waals surface area contributed by atoms with Gasteiger partial charge in [0.25, 0.3) is 0 Å². The molecule has 0 aliphatic rings. The zero-order valence-corrected chi connectivity index (χ0v) is 10.5. The van der Waals surface area contributed by atoms with E-state index in [1.165, 1.54) is 0 Å². The van der Waals surface area contributed by atoms with Crippen LogP contribution in [0.4, 0.5) is 17.6 Å². The van der Waals surface area contributed by atoms with Crippen LogP contribution in [0.15, 0.2) is 24.3 Å². The fraction of sp³-hybridized carbons (Fsp3) is 0.167.